The molecule has 15 heavy (non-hydrogen) atoms. The molecule has 0 aliphatic carbocycles. The molecule has 0 saturated carbocycles. The van der Waals surface area contributed by atoms with Gasteiger partial charge in [0, 0.05) is 30.2 Å². The Morgan fingerprint density at radius 3 is 3.20 bits per heavy atom. The second-order valence-electron chi connectivity index (χ2n) is 4.82. The highest BCUT2D eigenvalue weighted by Gasteiger charge is 2.31. The van der Waals surface area contributed by atoms with Crippen LogP contribution in [0.25, 0.3) is 0 Å². The number of hydrogen-bond donors (Lipinski definition) is 2. The molecule has 0 bridgehead atoms. The summed E-state index contributed by atoms with van der Waals surface area (Å²) in [7, 11) is 0. The number of H-pyrrole nitrogens is 1. The molecule has 84 valence electrons. The van der Waals surface area contributed by atoms with E-state index in [-0.39, 0.29) is 0 Å². The number of thioether (sulfide) groups is 1. The number of imidazole rings is 1. The van der Waals surface area contributed by atoms with E-state index in [0.29, 0.717) is 11.5 Å². The Bertz CT molecular complexity index is 295. The maximum atomic E-state index is 4.02. The molecule has 1 fully saturated rings. The van der Waals surface area contributed by atoms with Crippen molar-refractivity contribution in [3.05, 3.63) is 18.2 Å². The summed E-state index contributed by atoms with van der Waals surface area (Å²) < 4.78 is 0. The van der Waals surface area contributed by atoms with Gasteiger partial charge in [-0.3, -0.25) is 0 Å². The van der Waals surface area contributed by atoms with Crippen molar-refractivity contribution in [1.29, 1.82) is 0 Å². The topological polar surface area (TPSA) is 40.7 Å². The van der Waals surface area contributed by atoms with Crippen LogP contribution in [0.5, 0.6) is 0 Å². The normalized spacial score (nSPS) is 25.3. The predicted octanol–water partition coefficient (Wildman–Crippen LogP) is 2.03. The smallest absolute Gasteiger partial charge is 0.0922 e. The quantitative estimate of drug-likeness (QED) is 0.827. The monoisotopic (exact) mass is 225 g/mol. The van der Waals surface area contributed by atoms with Gasteiger partial charge in [0.15, 0.2) is 0 Å². The molecule has 1 atom stereocenters. The van der Waals surface area contributed by atoms with Gasteiger partial charge < -0.3 is 10.3 Å². The lowest BCUT2D eigenvalue weighted by Crippen LogP contribution is -2.46. The van der Waals surface area contributed by atoms with Crippen LogP contribution in [0.15, 0.2) is 12.5 Å². The van der Waals surface area contributed by atoms with Gasteiger partial charge in [-0.2, -0.15) is 11.8 Å². The predicted molar refractivity (Wildman–Crippen MR) is 64.9 cm³/mol. The van der Waals surface area contributed by atoms with Crippen molar-refractivity contribution in [3.8, 4) is 0 Å². The molecule has 1 saturated heterocycles. The summed E-state index contributed by atoms with van der Waals surface area (Å²) in [6.45, 7) is 5.61. The Morgan fingerprint density at radius 2 is 2.53 bits per heavy atom. The minimum absolute atomic E-state index is 0.422. The molecule has 1 aliphatic heterocycles. The van der Waals surface area contributed by atoms with Crippen LogP contribution in [0.3, 0.4) is 0 Å². The van der Waals surface area contributed by atoms with Crippen LogP contribution in [0.2, 0.25) is 0 Å². The number of aromatic amines is 1. The van der Waals surface area contributed by atoms with Crippen molar-refractivity contribution in [2.75, 3.05) is 11.5 Å². The largest absolute Gasteiger partial charge is 0.347 e. The van der Waals surface area contributed by atoms with Crippen LogP contribution >= 0.6 is 11.8 Å². The van der Waals surface area contributed by atoms with E-state index in [2.05, 4.69) is 40.9 Å². The Labute approximate surface area is 95.4 Å². The first kappa shape index (κ1) is 11.0. The van der Waals surface area contributed by atoms with Crippen molar-refractivity contribution >= 4 is 11.8 Å². The molecule has 1 unspecified atom stereocenters. The van der Waals surface area contributed by atoms with E-state index < -0.39 is 0 Å². The maximum absolute atomic E-state index is 4.02. The Kier molecular flexibility index (Phi) is 3.36. The third-order valence-electron chi connectivity index (χ3n) is 3.21. The highest BCUT2D eigenvalue weighted by molar-refractivity contribution is 7.99. The van der Waals surface area contributed by atoms with Gasteiger partial charge in [0.2, 0.25) is 0 Å². The molecule has 2 heterocycles. The summed E-state index contributed by atoms with van der Waals surface area (Å²) >= 11 is 2.05. The lowest BCUT2D eigenvalue weighted by molar-refractivity contribution is 0.244. The van der Waals surface area contributed by atoms with Crippen molar-refractivity contribution in [3.63, 3.8) is 0 Å². The molecule has 1 aromatic heterocycles. The molecule has 0 aromatic carbocycles. The van der Waals surface area contributed by atoms with E-state index >= 15 is 0 Å². The van der Waals surface area contributed by atoms with Gasteiger partial charge in [-0.25, -0.2) is 4.98 Å². The zero-order valence-corrected chi connectivity index (χ0v) is 10.2. The van der Waals surface area contributed by atoms with Gasteiger partial charge in [-0.1, -0.05) is 13.8 Å². The van der Waals surface area contributed by atoms with Gasteiger partial charge in [-0.15, -0.1) is 0 Å². The van der Waals surface area contributed by atoms with Gasteiger partial charge in [0.25, 0.3) is 0 Å². The second-order valence-corrected chi connectivity index (χ2v) is 5.97. The van der Waals surface area contributed by atoms with Crippen LogP contribution in [0.4, 0.5) is 0 Å². The molecule has 1 aliphatic rings. The number of aromatic nitrogens is 2. The van der Waals surface area contributed by atoms with E-state index in [1.54, 1.807) is 6.33 Å². The van der Waals surface area contributed by atoms with E-state index in [0.717, 1.165) is 6.54 Å². The van der Waals surface area contributed by atoms with Crippen molar-refractivity contribution in [2.24, 2.45) is 5.41 Å². The third-order valence-corrected chi connectivity index (χ3v) is 4.27. The van der Waals surface area contributed by atoms with Gasteiger partial charge in [0.05, 0.1) is 6.33 Å². The van der Waals surface area contributed by atoms with Crippen LogP contribution in [0.1, 0.15) is 26.0 Å². The molecule has 2 N–H and O–H groups in total. The van der Waals surface area contributed by atoms with Crippen LogP contribution in [-0.2, 0) is 6.54 Å². The highest BCUT2D eigenvalue weighted by Crippen LogP contribution is 2.34. The summed E-state index contributed by atoms with van der Waals surface area (Å²) in [4.78, 5) is 7.15. The zero-order valence-electron chi connectivity index (χ0n) is 9.42. The fourth-order valence-corrected chi connectivity index (χ4v) is 3.53. The van der Waals surface area contributed by atoms with E-state index in [9.17, 15) is 0 Å². The number of nitrogens with zero attached hydrogens (tertiary/aromatic N) is 1. The fourth-order valence-electron chi connectivity index (χ4n) is 1.89. The molecule has 0 amide bonds. The molecule has 1 aromatic rings. The summed E-state index contributed by atoms with van der Waals surface area (Å²) in [5.41, 5.74) is 1.59. The number of rotatable bonds is 3. The molecular formula is C11H19N3S. The SMILES string of the molecule is CC1(C)CCSCC1NCc1cnc[nH]1. The van der Waals surface area contributed by atoms with Crippen molar-refractivity contribution in [2.45, 2.75) is 32.9 Å². The summed E-state index contributed by atoms with van der Waals surface area (Å²) in [6.07, 6.45) is 4.92. The third kappa shape index (κ3) is 2.75. The second kappa shape index (κ2) is 4.58. The molecule has 3 nitrogen and oxygen atoms in total. The average Bonchev–Trinajstić information content (AvgIpc) is 2.68. The first-order chi connectivity index (χ1) is 7.18. The number of hydrogen-bond acceptors (Lipinski definition) is 3. The maximum Gasteiger partial charge on any atom is 0.0922 e. The molecular weight excluding hydrogens is 206 g/mol. The lowest BCUT2D eigenvalue weighted by atomic mass is 9.82. The minimum Gasteiger partial charge on any atom is -0.347 e. The minimum atomic E-state index is 0.422. The highest BCUT2D eigenvalue weighted by atomic mass is 32.2. The van der Waals surface area contributed by atoms with Crippen LogP contribution < -0.4 is 5.32 Å². The van der Waals surface area contributed by atoms with Crippen molar-refractivity contribution in [1.82, 2.24) is 15.3 Å². The van der Waals surface area contributed by atoms with Gasteiger partial charge in [-0.05, 0) is 17.6 Å². The van der Waals surface area contributed by atoms with Gasteiger partial charge in [0.1, 0.15) is 0 Å². The van der Waals surface area contributed by atoms with Crippen LogP contribution in [-0.4, -0.2) is 27.5 Å². The summed E-state index contributed by atoms with van der Waals surface area (Å²) in [5.74, 6) is 2.52. The standard InChI is InChI=1S/C11H19N3S/c1-11(2)3-4-15-7-10(11)13-6-9-5-12-8-14-9/h5,8,10,13H,3-4,6-7H2,1-2H3,(H,12,14). The first-order valence-electron chi connectivity index (χ1n) is 5.47. The van der Waals surface area contributed by atoms with Gasteiger partial charge >= 0.3 is 0 Å². The Morgan fingerprint density at radius 1 is 1.67 bits per heavy atom. The Balaban J connectivity index is 1.88. The summed E-state index contributed by atoms with van der Waals surface area (Å²) in [5, 5.41) is 3.62. The first-order valence-corrected chi connectivity index (χ1v) is 6.62. The molecule has 0 radical (unpaired) electrons. The van der Waals surface area contributed by atoms with Crippen molar-refractivity contribution < 1.29 is 0 Å². The van der Waals surface area contributed by atoms with E-state index in [4.69, 9.17) is 0 Å². The lowest BCUT2D eigenvalue weighted by Gasteiger charge is -2.38. The van der Waals surface area contributed by atoms with Crippen LogP contribution in [0, 0.1) is 5.41 Å². The molecule has 0 spiro atoms. The summed E-state index contributed by atoms with van der Waals surface area (Å²) in [6, 6.07) is 0.611. The number of nitrogens with one attached hydrogen (secondary N) is 2. The van der Waals surface area contributed by atoms with E-state index in [1.807, 2.05) is 6.20 Å². The Hall–Kier alpha value is -0.480. The molecule has 4 heteroatoms. The molecule has 2 rings (SSSR count). The fraction of sp³-hybridized carbons (Fsp3) is 0.727. The zero-order chi connectivity index (χ0) is 10.7. The average molecular weight is 225 g/mol. The van der Waals surface area contributed by atoms with E-state index in [1.165, 1.54) is 23.6 Å².